The molecule has 0 N–H and O–H groups in total. The summed E-state index contributed by atoms with van der Waals surface area (Å²) in [5.74, 6) is 0. The van der Waals surface area contributed by atoms with Gasteiger partial charge in [-0.2, -0.15) is 0 Å². The van der Waals surface area contributed by atoms with E-state index in [0.717, 1.165) is 34.8 Å². The molecule has 0 aromatic rings. The van der Waals surface area contributed by atoms with E-state index in [-0.39, 0.29) is 0 Å². The largest absolute Gasteiger partial charge is 0.358 e. The molecule has 0 aromatic carbocycles. The summed E-state index contributed by atoms with van der Waals surface area (Å²) in [4.78, 5) is 4.25. The van der Waals surface area contributed by atoms with E-state index in [1.807, 2.05) is 0 Å². The molecule has 92 valence electrons. The maximum atomic E-state index is 4.85. The van der Waals surface area contributed by atoms with Crippen LogP contribution in [0.15, 0.2) is 0 Å². The topological polar surface area (TPSA) is 6.48 Å². The summed E-state index contributed by atoms with van der Waals surface area (Å²) in [6, 6.07) is 0. The molecule has 0 aliphatic carbocycles. The Hall–Kier alpha value is 0.480. The number of likely N-dealkylation sites (tertiary alicyclic amines) is 2. The molecular weight excluding hydrogens is 276 g/mol. The summed E-state index contributed by atoms with van der Waals surface area (Å²) in [6.07, 6.45) is 5.11. The third kappa shape index (κ3) is 5.21. The van der Waals surface area contributed by atoms with Gasteiger partial charge in [-0.15, -0.1) is 25.3 Å². The van der Waals surface area contributed by atoms with Crippen LogP contribution in [0.1, 0.15) is 25.7 Å². The minimum absolute atomic E-state index is 0.752. The lowest BCUT2D eigenvalue weighted by atomic mass is 10.4. The Morgan fingerprint density at radius 3 is 1.06 bits per heavy atom. The Balaban J connectivity index is 0.000000160. The summed E-state index contributed by atoms with van der Waals surface area (Å²) in [6.45, 7) is 4.45. The standard InChI is InChI=1S/2C5H9NS2/c2*7-5(8)6-3-1-2-4-6/h2*1-4H2,(H,7,8). The fourth-order valence-electron chi connectivity index (χ4n) is 1.82. The van der Waals surface area contributed by atoms with Gasteiger partial charge >= 0.3 is 0 Å². The number of thiocarbonyl (C=S) groups is 2. The minimum atomic E-state index is 0.752. The molecule has 0 saturated carbocycles. The van der Waals surface area contributed by atoms with Gasteiger partial charge in [0.15, 0.2) is 0 Å². The lowest BCUT2D eigenvalue weighted by Crippen LogP contribution is -2.20. The lowest BCUT2D eigenvalue weighted by molar-refractivity contribution is 0.539. The second-order valence-electron chi connectivity index (χ2n) is 3.95. The Bertz CT molecular complexity index is 219. The number of hydrogen-bond acceptors (Lipinski definition) is 2. The zero-order valence-corrected chi connectivity index (χ0v) is 12.7. The molecule has 2 heterocycles. The Morgan fingerprint density at radius 2 is 0.938 bits per heavy atom. The van der Waals surface area contributed by atoms with E-state index in [4.69, 9.17) is 24.4 Å². The molecule has 2 rings (SSSR count). The molecule has 2 aliphatic heterocycles. The molecule has 0 radical (unpaired) electrons. The van der Waals surface area contributed by atoms with Crippen LogP contribution in [0.4, 0.5) is 0 Å². The van der Waals surface area contributed by atoms with Gasteiger partial charge in [0.1, 0.15) is 8.64 Å². The van der Waals surface area contributed by atoms with E-state index in [9.17, 15) is 0 Å². The number of hydrogen-bond donors (Lipinski definition) is 2. The SMILES string of the molecule is S=C(S)N1CCCC1.S=C(S)N1CCCC1. The molecule has 6 heteroatoms. The maximum absolute atomic E-state index is 4.85. The zero-order chi connectivity index (χ0) is 12.0. The Labute approximate surface area is 120 Å². The van der Waals surface area contributed by atoms with E-state index >= 15 is 0 Å². The first kappa shape index (κ1) is 14.5. The van der Waals surface area contributed by atoms with Gasteiger partial charge < -0.3 is 9.80 Å². The monoisotopic (exact) mass is 294 g/mol. The van der Waals surface area contributed by atoms with Crippen molar-refractivity contribution in [2.45, 2.75) is 25.7 Å². The van der Waals surface area contributed by atoms with Gasteiger partial charge in [0.25, 0.3) is 0 Å². The number of rotatable bonds is 0. The predicted octanol–water partition coefficient (Wildman–Crippen LogP) is 2.59. The average molecular weight is 295 g/mol. The fourth-order valence-corrected chi connectivity index (χ4v) is 2.58. The summed E-state index contributed by atoms with van der Waals surface area (Å²) in [7, 11) is 0. The summed E-state index contributed by atoms with van der Waals surface area (Å²) in [5, 5.41) is 0. The van der Waals surface area contributed by atoms with Crippen molar-refractivity contribution in [3.05, 3.63) is 0 Å². The minimum Gasteiger partial charge on any atom is -0.358 e. The van der Waals surface area contributed by atoms with E-state index in [1.54, 1.807) is 0 Å². The van der Waals surface area contributed by atoms with Crippen LogP contribution in [0.2, 0.25) is 0 Å². The number of nitrogens with zero attached hydrogens (tertiary/aromatic N) is 2. The Kier molecular flexibility index (Phi) is 7.03. The molecule has 0 atom stereocenters. The molecule has 0 amide bonds. The summed E-state index contributed by atoms with van der Waals surface area (Å²) < 4.78 is 1.50. The number of thiol groups is 2. The predicted molar refractivity (Wildman–Crippen MR) is 84.8 cm³/mol. The molecular formula is C10H18N2S4. The van der Waals surface area contributed by atoms with Crippen molar-refractivity contribution >= 4 is 58.3 Å². The molecule has 2 saturated heterocycles. The van der Waals surface area contributed by atoms with Crippen molar-refractivity contribution in [2.75, 3.05) is 26.2 Å². The van der Waals surface area contributed by atoms with Crippen LogP contribution in [-0.2, 0) is 0 Å². The van der Waals surface area contributed by atoms with Crippen molar-refractivity contribution in [2.24, 2.45) is 0 Å². The van der Waals surface area contributed by atoms with Crippen molar-refractivity contribution in [1.82, 2.24) is 9.80 Å². The third-order valence-electron chi connectivity index (χ3n) is 2.75. The molecule has 2 aliphatic rings. The van der Waals surface area contributed by atoms with Gasteiger partial charge in [0.2, 0.25) is 0 Å². The molecule has 0 spiro atoms. The first-order valence-corrected chi connectivity index (χ1v) is 7.28. The Morgan fingerprint density at radius 1 is 0.688 bits per heavy atom. The quantitative estimate of drug-likeness (QED) is 0.523. The van der Waals surface area contributed by atoms with E-state index in [2.05, 4.69) is 35.1 Å². The van der Waals surface area contributed by atoms with E-state index in [1.165, 1.54) is 25.7 Å². The fraction of sp³-hybridized carbons (Fsp3) is 0.800. The first-order valence-electron chi connectivity index (χ1n) is 5.57. The average Bonchev–Trinajstić information content (AvgIpc) is 2.93. The van der Waals surface area contributed by atoms with Crippen LogP contribution >= 0.6 is 49.7 Å². The van der Waals surface area contributed by atoms with Crippen molar-refractivity contribution in [3.8, 4) is 0 Å². The van der Waals surface area contributed by atoms with Gasteiger partial charge in [0, 0.05) is 26.2 Å². The highest BCUT2D eigenvalue weighted by molar-refractivity contribution is 8.11. The lowest BCUT2D eigenvalue weighted by Gasteiger charge is -2.12. The molecule has 0 unspecified atom stereocenters. The molecule has 0 bridgehead atoms. The highest BCUT2D eigenvalue weighted by Crippen LogP contribution is 2.09. The molecule has 0 aromatic heterocycles. The van der Waals surface area contributed by atoms with Gasteiger partial charge in [-0.1, -0.05) is 24.4 Å². The van der Waals surface area contributed by atoms with Crippen molar-refractivity contribution in [3.63, 3.8) is 0 Å². The molecule has 2 nitrogen and oxygen atoms in total. The van der Waals surface area contributed by atoms with Crippen LogP contribution in [0.25, 0.3) is 0 Å². The maximum Gasteiger partial charge on any atom is 0.133 e. The normalized spacial score (nSPS) is 19.4. The first-order chi connectivity index (χ1) is 7.61. The van der Waals surface area contributed by atoms with E-state index < -0.39 is 0 Å². The van der Waals surface area contributed by atoms with E-state index in [0.29, 0.717) is 0 Å². The van der Waals surface area contributed by atoms with Crippen LogP contribution in [0.3, 0.4) is 0 Å². The summed E-state index contributed by atoms with van der Waals surface area (Å²) in [5.41, 5.74) is 0. The van der Waals surface area contributed by atoms with Crippen LogP contribution in [0, 0.1) is 0 Å². The summed E-state index contributed by atoms with van der Waals surface area (Å²) >= 11 is 17.8. The van der Waals surface area contributed by atoms with Crippen LogP contribution < -0.4 is 0 Å². The highest BCUT2D eigenvalue weighted by atomic mass is 32.1. The second-order valence-corrected chi connectivity index (χ2v) is 6.18. The zero-order valence-electron chi connectivity index (χ0n) is 9.26. The van der Waals surface area contributed by atoms with Crippen LogP contribution in [-0.4, -0.2) is 44.6 Å². The van der Waals surface area contributed by atoms with Gasteiger partial charge in [-0.25, -0.2) is 0 Å². The molecule has 2 fully saturated rings. The second kappa shape index (κ2) is 7.74. The van der Waals surface area contributed by atoms with Gasteiger partial charge in [0.05, 0.1) is 0 Å². The third-order valence-corrected chi connectivity index (χ3v) is 3.84. The smallest absolute Gasteiger partial charge is 0.133 e. The van der Waals surface area contributed by atoms with Gasteiger partial charge in [-0.05, 0) is 25.7 Å². The van der Waals surface area contributed by atoms with Crippen molar-refractivity contribution < 1.29 is 0 Å². The van der Waals surface area contributed by atoms with Crippen LogP contribution in [0.5, 0.6) is 0 Å². The van der Waals surface area contributed by atoms with Crippen molar-refractivity contribution in [1.29, 1.82) is 0 Å². The highest BCUT2D eigenvalue weighted by Gasteiger charge is 2.11. The van der Waals surface area contributed by atoms with Gasteiger partial charge in [-0.3, -0.25) is 0 Å². The molecule has 16 heavy (non-hydrogen) atoms.